The molecule has 1 aromatic carbocycles. The predicted molar refractivity (Wildman–Crippen MR) is 148 cm³/mol. The van der Waals surface area contributed by atoms with E-state index in [0.717, 1.165) is 5.39 Å². The normalized spacial score (nSPS) is 13.8. The summed E-state index contributed by atoms with van der Waals surface area (Å²) in [7, 11) is 0. The molecule has 41 heavy (non-hydrogen) atoms. The van der Waals surface area contributed by atoms with Gasteiger partial charge < -0.3 is 29.6 Å². The molecule has 0 bridgehead atoms. The molecule has 5 heterocycles. The minimum atomic E-state index is -0.587. The van der Waals surface area contributed by atoms with E-state index < -0.39 is 11.8 Å². The molecule has 14 nitrogen and oxygen atoms in total. The summed E-state index contributed by atoms with van der Waals surface area (Å²) in [6.07, 6.45) is 3.25. The molecule has 1 aliphatic heterocycles. The van der Waals surface area contributed by atoms with E-state index in [4.69, 9.17) is 10.2 Å². The van der Waals surface area contributed by atoms with Crippen LogP contribution in [0.1, 0.15) is 28.8 Å². The van der Waals surface area contributed by atoms with E-state index in [1.807, 2.05) is 24.0 Å². The van der Waals surface area contributed by atoms with Gasteiger partial charge in [-0.05, 0) is 37.6 Å². The number of hydrogen-bond acceptors (Lipinski definition) is 10. The van der Waals surface area contributed by atoms with Gasteiger partial charge >= 0.3 is 0 Å². The van der Waals surface area contributed by atoms with Crippen LogP contribution in [0.5, 0.6) is 5.75 Å². The minimum Gasteiger partial charge on any atom is -0.504 e. The van der Waals surface area contributed by atoms with E-state index in [0.29, 0.717) is 53.6 Å². The van der Waals surface area contributed by atoms with E-state index in [-0.39, 0.29) is 42.4 Å². The Morgan fingerprint density at radius 3 is 2.63 bits per heavy atom. The predicted octanol–water partition coefficient (Wildman–Crippen LogP) is 1.12. The zero-order valence-electron chi connectivity index (χ0n) is 22.4. The second-order valence-electron chi connectivity index (χ2n) is 9.76. The van der Waals surface area contributed by atoms with Crippen molar-refractivity contribution >= 4 is 34.2 Å². The van der Waals surface area contributed by atoms with E-state index in [1.54, 1.807) is 34.8 Å². The highest BCUT2D eigenvalue weighted by Gasteiger charge is 2.30. The number of nitrogens with two attached hydrogens (primary N) is 1. The number of amides is 2. The van der Waals surface area contributed by atoms with Crippen LogP contribution >= 0.6 is 0 Å². The van der Waals surface area contributed by atoms with Gasteiger partial charge in [-0.15, -0.1) is 5.10 Å². The topological polar surface area (TPSA) is 178 Å². The molecule has 3 N–H and O–H groups in total. The Kier molecular flexibility index (Phi) is 6.36. The number of aromatic nitrogens is 6. The highest BCUT2D eigenvalue weighted by atomic mass is 16.3. The molecule has 0 aliphatic carbocycles. The first-order valence-corrected chi connectivity index (χ1v) is 13.1. The van der Waals surface area contributed by atoms with E-state index in [2.05, 4.69) is 20.1 Å². The molecule has 2 amide bonds. The molecule has 14 heteroatoms. The van der Waals surface area contributed by atoms with Crippen molar-refractivity contribution < 1.29 is 19.1 Å². The zero-order valence-corrected chi connectivity index (χ0v) is 22.4. The van der Waals surface area contributed by atoms with Gasteiger partial charge in [0.2, 0.25) is 11.7 Å². The molecule has 1 saturated heterocycles. The number of nitrogens with zero attached hydrogens (tertiary/aromatic N) is 8. The number of piperazine rings is 1. The van der Waals surface area contributed by atoms with Gasteiger partial charge in [0.25, 0.3) is 11.5 Å². The number of hydrogen-bond donors (Lipinski definition) is 2. The van der Waals surface area contributed by atoms with Crippen LogP contribution in [0.3, 0.4) is 0 Å². The van der Waals surface area contributed by atoms with Crippen LogP contribution in [0.15, 0.2) is 46.1 Å². The molecule has 0 spiro atoms. The monoisotopic (exact) mass is 557 g/mol. The number of furan rings is 1. The van der Waals surface area contributed by atoms with Crippen LogP contribution in [-0.2, 0) is 17.8 Å². The highest BCUT2D eigenvalue weighted by molar-refractivity contribution is 5.95. The molecular formula is C27H27N9O5. The van der Waals surface area contributed by atoms with Crippen LogP contribution in [0, 0.1) is 6.92 Å². The van der Waals surface area contributed by atoms with Gasteiger partial charge in [-0.25, -0.2) is 9.97 Å². The standard InChI is InChI=1S/C27H27N9O5/c1-3-18-22(33-7-9-34(10-8-33)25(39)21-23(38)15(2)29-14-30-21)26(40)36-27(35(18)13-20(28)37)31-24(32-36)17-4-5-19-16(12-17)6-11-41-19/h4-6,11-12,14,38H,3,7-10,13H2,1-2H3,(H2,28,37). The first-order chi connectivity index (χ1) is 19.8. The maximum Gasteiger partial charge on any atom is 0.299 e. The third-order valence-corrected chi connectivity index (χ3v) is 7.28. The Morgan fingerprint density at radius 2 is 1.90 bits per heavy atom. The summed E-state index contributed by atoms with van der Waals surface area (Å²) in [4.78, 5) is 55.1. The third-order valence-electron chi connectivity index (χ3n) is 7.28. The molecule has 1 aliphatic rings. The largest absolute Gasteiger partial charge is 0.504 e. The van der Waals surface area contributed by atoms with Crippen LogP contribution in [0.2, 0.25) is 0 Å². The molecular weight excluding hydrogens is 530 g/mol. The number of fused-ring (bicyclic) bond motifs is 2. The fourth-order valence-electron chi connectivity index (χ4n) is 5.22. The number of carbonyl (C=O) groups excluding carboxylic acids is 2. The van der Waals surface area contributed by atoms with Crippen LogP contribution < -0.4 is 16.2 Å². The molecule has 0 radical (unpaired) electrons. The lowest BCUT2D eigenvalue weighted by molar-refractivity contribution is -0.118. The Hall–Kier alpha value is -5.27. The number of aromatic hydroxyl groups is 1. The average Bonchev–Trinajstić information content (AvgIpc) is 3.63. The number of benzene rings is 1. The first kappa shape index (κ1) is 26.0. The zero-order chi connectivity index (χ0) is 28.8. The van der Waals surface area contributed by atoms with Crippen LogP contribution in [-0.4, -0.2) is 77.1 Å². The lowest BCUT2D eigenvalue weighted by Crippen LogP contribution is -2.51. The molecule has 0 saturated carbocycles. The second kappa shape index (κ2) is 10.0. The molecule has 4 aromatic heterocycles. The molecule has 6 rings (SSSR count). The number of anilines is 1. The quantitative estimate of drug-likeness (QED) is 0.307. The number of primary amides is 1. The molecule has 5 aromatic rings. The third kappa shape index (κ3) is 4.42. The lowest BCUT2D eigenvalue weighted by atomic mass is 10.1. The fourth-order valence-corrected chi connectivity index (χ4v) is 5.22. The summed E-state index contributed by atoms with van der Waals surface area (Å²) in [5.41, 5.74) is 7.84. The summed E-state index contributed by atoms with van der Waals surface area (Å²) in [6, 6.07) is 7.30. The molecule has 0 atom stereocenters. The van der Waals surface area contributed by atoms with Crippen molar-refractivity contribution in [1.82, 2.24) is 34.0 Å². The average molecular weight is 558 g/mol. The van der Waals surface area contributed by atoms with Crippen LogP contribution in [0.4, 0.5) is 5.69 Å². The van der Waals surface area contributed by atoms with Crippen molar-refractivity contribution in [2.24, 2.45) is 5.73 Å². The maximum absolute atomic E-state index is 13.9. The lowest BCUT2D eigenvalue weighted by Gasteiger charge is -2.36. The van der Waals surface area contributed by atoms with E-state index in [9.17, 15) is 19.5 Å². The Morgan fingerprint density at radius 1 is 1.12 bits per heavy atom. The van der Waals surface area contributed by atoms with Gasteiger partial charge in [-0.2, -0.15) is 9.50 Å². The van der Waals surface area contributed by atoms with Crippen molar-refractivity contribution in [3.63, 3.8) is 0 Å². The van der Waals surface area contributed by atoms with Gasteiger partial charge in [0.1, 0.15) is 24.1 Å². The van der Waals surface area contributed by atoms with Crippen LogP contribution in [0.25, 0.3) is 28.1 Å². The smallest absolute Gasteiger partial charge is 0.299 e. The Balaban J connectivity index is 1.38. The second-order valence-corrected chi connectivity index (χ2v) is 9.76. The highest BCUT2D eigenvalue weighted by Crippen LogP contribution is 2.26. The SMILES string of the molecule is CCc1c(N2CCN(C(=O)c3ncnc(C)c3O)CC2)c(=O)n2nc(-c3ccc4occc4c3)nc2n1CC(N)=O. The van der Waals surface area contributed by atoms with Gasteiger partial charge in [-0.3, -0.25) is 14.4 Å². The number of carbonyl (C=O) groups is 2. The maximum atomic E-state index is 13.9. The van der Waals surface area contributed by atoms with Gasteiger partial charge in [0, 0.05) is 37.1 Å². The van der Waals surface area contributed by atoms with Gasteiger partial charge in [-0.1, -0.05) is 6.92 Å². The summed E-state index contributed by atoms with van der Waals surface area (Å²) in [5, 5.41) is 15.7. The molecule has 0 unspecified atom stereocenters. The van der Waals surface area contributed by atoms with Crippen molar-refractivity contribution in [2.45, 2.75) is 26.8 Å². The number of aryl methyl sites for hydroxylation is 1. The Bertz CT molecular complexity index is 1880. The summed E-state index contributed by atoms with van der Waals surface area (Å²) in [5.74, 6) is -0.726. The van der Waals surface area contributed by atoms with Crippen molar-refractivity contribution in [2.75, 3.05) is 31.1 Å². The van der Waals surface area contributed by atoms with Crippen molar-refractivity contribution in [3.8, 4) is 17.1 Å². The van der Waals surface area contributed by atoms with Gasteiger partial charge in [0.05, 0.1) is 17.7 Å². The summed E-state index contributed by atoms with van der Waals surface area (Å²) in [6.45, 7) is 4.52. The molecule has 210 valence electrons. The van der Waals surface area contributed by atoms with E-state index >= 15 is 0 Å². The van der Waals surface area contributed by atoms with Crippen molar-refractivity contribution in [3.05, 3.63) is 64.3 Å². The summed E-state index contributed by atoms with van der Waals surface area (Å²) < 4.78 is 8.25. The summed E-state index contributed by atoms with van der Waals surface area (Å²) >= 11 is 0. The number of rotatable bonds is 6. The van der Waals surface area contributed by atoms with Crippen molar-refractivity contribution in [1.29, 1.82) is 0 Å². The fraction of sp³-hybridized carbons (Fsp3) is 0.296. The Labute approximate surface area is 232 Å². The van der Waals surface area contributed by atoms with Gasteiger partial charge in [0.15, 0.2) is 17.3 Å². The minimum absolute atomic E-state index is 0.0609. The first-order valence-electron chi connectivity index (χ1n) is 13.1. The molecule has 1 fully saturated rings. The van der Waals surface area contributed by atoms with E-state index in [1.165, 1.54) is 10.8 Å².